The molecule has 0 fully saturated rings. The molecule has 0 spiro atoms. The van der Waals surface area contributed by atoms with Crippen LogP contribution in [-0.2, 0) is 11.3 Å². The van der Waals surface area contributed by atoms with E-state index in [0.717, 1.165) is 11.1 Å². The molecular weight excluding hydrogens is 328 g/mol. The third kappa shape index (κ3) is 3.30. The summed E-state index contributed by atoms with van der Waals surface area (Å²) in [7, 11) is 0. The summed E-state index contributed by atoms with van der Waals surface area (Å²) in [6, 6.07) is 9.21. The number of nitrogens with zero attached hydrogens (tertiary/aromatic N) is 4. The first kappa shape index (κ1) is 15.8. The number of tetrazole rings is 1. The molecule has 0 aliphatic carbocycles. The number of hydrogen-bond acceptors (Lipinski definition) is 6. The van der Waals surface area contributed by atoms with Crippen molar-refractivity contribution in [3.05, 3.63) is 46.8 Å². The van der Waals surface area contributed by atoms with Crippen LogP contribution >= 0.6 is 11.3 Å². The Kier molecular flexibility index (Phi) is 4.34. The van der Waals surface area contributed by atoms with Crippen molar-refractivity contribution in [1.29, 1.82) is 0 Å². The maximum Gasteiger partial charge on any atom is 0.251 e. The monoisotopic (exact) mass is 342 g/mol. The van der Waals surface area contributed by atoms with Crippen LogP contribution in [0.25, 0.3) is 11.4 Å². The van der Waals surface area contributed by atoms with E-state index in [-0.39, 0.29) is 18.0 Å². The first-order chi connectivity index (χ1) is 11.5. The highest BCUT2D eigenvalue weighted by molar-refractivity contribution is 7.14. The Balaban J connectivity index is 1.71. The van der Waals surface area contributed by atoms with Crippen molar-refractivity contribution in [1.82, 2.24) is 20.2 Å². The summed E-state index contributed by atoms with van der Waals surface area (Å²) >= 11 is 1.22. The first-order valence-corrected chi connectivity index (χ1v) is 7.93. The van der Waals surface area contributed by atoms with E-state index in [1.165, 1.54) is 16.1 Å². The van der Waals surface area contributed by atoms with Crippen molar-refractivity contribution in [2.75, 3.05) is 5.32 Å². The Bertz CT molecular complexity index is 901. The fourth-order valence-corrected chi connectivity index (χ4v) is 2.95. The summed E-state index contributed by atoms with van der Waals surface area (Å²) in [6.07, 6.45) is 0. The molecule has 122 valence electrons. The number of primary amides is 1. The average Bonchev–Trinajstić information content (AvgIpc) is 3.17. The lowest BCUT2D eigenvalue weighted by Gasteiger charge is -2.03. The van der Waals surface area contributed by atoms with E-state index < -0.39 is 5.91 Å². The van der Waals surface area contributed by atoms with Gasteiger partial charge in [-0.2, -0.15) is 4.80 Å². The van der Waals surface area contributed by atoms with Gasteiger partial charge in [0.2, 0.25) is 11.7 Å². The van der Waals surface area contributed by atoms with E-state index in [1.807, 2.05) is 31.2 Å². The van der Waals surface area contributed by atoms with Gasteiger partial charge in [0.05, 0.1) is 5.56 Å². The normalized spacial score (nSPS) is 10.5. The second kappa shape index (κ2) is 6.59. The van der Waals surface area contributed by atoms with Crippen LogP contribution in [0.15, 0.2) is 35.7 Å². The van der Waals surface area contributed by atoms with Crippen LogP contribution in [0.2, 0.25) is 0 Å². The highest BCUT2D eigenvalue weighted by Crippen LogP contribution is 2.22. The molecule has 0 aliphatic rings. The molecular formula is C15H14N6O2S. The van der Waals surface area contributed by atoms with Gasteiger partial charge >= 0.3 is 0 Å². The summed E-state index contributed by atoms with van der Waals surface area (Å²) in [5.41, 5.74) is 7.40. The Labute approximate surface area is 141 Å². The Morgan fingerprint density at radius 1 is 1.29 bits per heavy atom. The minimum Gasteiger partial charge on any atom is -0.366 e. The molecule has 2 heterocycles. The summed E-state index contributed by atoms with van der Waals surface area (Å²) in [6.45, 7) is 1.83. The second-order valence-electron chi connectivity index (χ2n) is 5.03. The second-order valence-corrected chi connectivity index (χ2v) is 5.95. The number of nitrogens with one attached hydrogen (secondary N) is 1. The predicted molar refractivity (Wildman–Crippen MR) is 89.5 cm³/mol. The van der Waals surface area contributed by atoms with E-state index in [2.05, 4.69) is 20.7 Å². The van der Waals surface area contributed by atoms with Crippen molar-refractivity contribution in [3.8, 4) is 11.4 Å². The van der Waals surface area contributed by atoms with E-state index >= 15 is 0 Å². The van der Waals surface area contributed by atoms with Crippen molar-refractivity contribution in [2.45, 2.75) is 13.5 Å². The number of amides is 2. The number of benzene rings is 1. The van der Waals surface area contributed by atoms with Crippen molar-refractivity contribution in [2.24, 2.45) is 5.73 Å². The van der Waals surface area contributed by atoms with Gasteiger partial charge in [-0.25, -0.2) is 0 Å². The molecule has 24 heavy (non-hydrogen) atoms. The zero-order valence-electron chi connectivity index (χ0n) is 12.8. The molecule has 2 amide bonds. The van der Waals surface area contributed by atoms with Gasteiger partial charge in [0.25, 0.3) is 5.91 Å². The van der Waals surface area contributed by atoms with Crippen molar-refractivity contribution in [3.63, 3.8) is 0 Å². The van der Waals surface area contributed by atoms with Crippen LogP contribution in [-0.4, -0.2) is 32.0 Å². The van der Waals surface area contributed by atoms with E-state index in [0.29, 0.717) is 10.8 Å². The Morgan fingerprint density at radius 2 is 2.08 bits per heavy atom. The number of hydrogen-bond donors (Lipinski definition) is 2. The van der Waals surface area contributed by atoms with Gasteiger partial charge in [-0.05, 0) is 29.1 Å². The van der Waals surface area contributed by atoms with Crippen molar-refractivity contribution >= 4 is 28.2 Å². The number of thiophene rings is 1. The number of carbonyl (C=O) groups is 2. The van der Waals surface area contributed by atoms with Crippen LogP contribution in [0, 0.1) is 6.92 Å². The van der Waals surface area contributed by atoms with Gasteiger partial charge in [0, 0.05) is 5.56 Å². The summed E-state index contributed by atoms with van der Waals surface area (Å²) in [5.74, 6) is -0.504. The van der Waals surface area contributed by atoms with Crippen LogP contribution in [0.3, 0.4) is 0 Å². The first-order valence-electron chi connectivity index (χ1n) is 7.05. The van der Waals surface area contributed by atoms with Gasteiger partial charge in [-0.3, -0.25) is 9.59 Å². The van der Waals surface area contributed by atoms with Gasteiger partial charge in [0.15, 0.2) is 0 Å². The Hall–Kier alpha value is -3.07. The molecule has 0 saturated heterocycles. The number of rotatable bonds is 5. The molecule has 8 nitrogen and oxygen atoms in total. The van der Waals surface area contributed by atoms with Crippen LogP contribution in [0.5, 0.6) is 0 Å². The van der Waals surface area contributed by atoms with Gasteiger partial charge in [-0.1, -0.05) is 24.3 Å². The fraction of sp³-hybridized carbons (Fsp3) is 0.133. The van der Waals surface area contributed by atoms with Gasteiger partial charge < -0.3 is 11.1 Å². The number of nitrogens with two attached hydrogens (primary N) is 1. The highest BCUT2D eigenvalue weighted by Gasteiger charge is 2.14. The smallest absolute Gasteiger partial charge is 0.251 e. The van der Waals surface area contributed by atoms with Crippen molar-refractivity contribution < 1.29 is 9.59 Å². The maximum absolute atomic E-state index is 12.1. The number of aromatic nitrogens is 4. The van der Waals surface area contributed by atoms with E-state index in [4.69, 9.17) is 5.73 Å². The maximum atomic E-state index is 12.1. The SMILES string of the molecule is Cc1ccccc1-c1nnn(CC(=O)Nc2sccc2C(N)=O)n1. The average molecular weight is 342 g/mol. The third-order valence-electron chi connectivity index (χ3n) is 3.31. The van der Waals surface area contributed by atoms with Crippen LogP contribution in [0.1, 0.15) is 15.9 Å². The van der Waals surface area contributed by atoms with E-state index in [9.17, 15) is 9.59 Å². The third-order valence-corrected chi connectivity index (χ3v) is 4.14. The molecule has 9 heteroatoms. The molecule has 0 unspecified atom stereocenters. The zero-order chi connectivity index (χ0) is 17.1. The molecule has 0 saturated carbocycles. The quantitative estimate of drug-likeness (QED) is 0.728. The lowest BCUT2D eigenvalue weighted by molar-refractivity contribution is -0.117. The summed E-state index contributed by atoms with van der Waals surface area (Å²) in [5, 5.41) is 16.8. The minimum atomic E-state index is -0.590. The molecule has 1 aromatic carbocycles. The molecule has 3 aromatic rings. The largest absolute Gasteiger partial charge is 0.366 e. The summed E-state index contributed by atoms with van der Waals surface area (Å²) < 4.78 is 0. The molecule has 2 aromatic heterocycles. The molecule has 3 rings (SSSR count). The predicted octanol–water partition coefficient (Wildman–Crippen LogP) is 1.45. The topological polar surface area (TPSA) is 116 Å². The number of carbonyl (C=O) groups excluding carboxylic acids is 2. The number of anilines is 1. The zero-order valence-corrected chi connectivity index (χ0v) is 13.6. The van der Waals surface area contributed by atoms with E-state index in [1.54, 1.807) is 11.4 Å². The molecule has 0 bridgehead atoms. The van der Waals surface area contributed by atoms with Gasteiger partial charge in [-0.15, -0.1) is 21.5 Å². The Morgan fingerprint density at radius 3 is 2.83 bits per heavy atom. The minimum absolute atomic E-state index is 0.116. The highest BCUT2D eigenvalue weighted by atomic mass is 32.1. The lowest BCUT2D eigenvalue weighted by Crippen LogP contribution is -2.22. The summed E-state index contributed by atoms with van der Waals surface area (Å²) in [4.78, 5) is 24.5. The van der Waals surface area contributed by atoms with Crippen LogP contribution < -0.4 is 11.1 Å². The number of aryl methyl sites for hydroxylation is 1. The molecule has 0 atom stereocenters. The van der Waals surface area contributed by atoms with Crippen LogP contribution in [0.4, 0.5) is 5.00 Å². The molecule has 0 aliphatic heterocycles. The molecule has 3 N–H and O–H groups in total. The fourth-order valence-electron chi connectivity index (χ4n) is 2.14. The van der Waals surface area contributed by atoms with Gasteiger partial charge in [0.1, 0.15) is 11.5 Å². The standard InChI is InChI=1S/C15H14N6O2S/c1-9-4-2-3-5-10(9)14-18-20-21(19-14)8-12(22)17-15-11(13(16)23)6-7-24-15/h2-7H,8H2,1H3,(H2,16,23)(H,17,22). The molecule has 0 radical (unpaired) electrons. The lowest BCUT2D eigenvalue weighted by atomic mass is 10.1.